The lowest BCUT2D eigenvalue weighted by atomic mass is 9.82. The number of nitrogens with zero attached hydrogens (tertiary/aromatic N) is 1. The first kappa shape index (κ1) is 21.8. The van der Waals surface area contributed by atoms with E-state index in [2.05, 4.69) is 67.5 Å². The SMILES string of the molecule is CCCC1(CC)CSc2cc(O/C=C/C=O)c(SC)cc2N(c2ccccc2)C1. The van der Waals surface area contributed by atoms with Crippen LogP contribution in [0, 0.1) is 5.41 Å². The van der Waals surface area contributed by atoms with Gasteiger partial charge in [-0.15, -0.1) is 23.5 Å². The highest BCUT2D eigenvalue weighted by atomic mass is 32.2. The maximum Gasteiger partial charge on any atom is 0.145 e. The van der Waals surface area contributed by atoms with E-state index in [1.165, 1.54) is 41.4 Å². The van der Waals surface area contributed by atoms with Crippen LogP contribution in [0.5, 0.6) is 5.75 Å². The van der Waals surface area contributed by atoms with Gasteiger partial charge in [0.2, 0.25) is 0 Å². The molecule has 1 heterocycles. The number of benzene rings is 2. The predicted molar refractivity (Wildman–Crippen MR) is 126 cm³/mol. The first-order valence-electron chi connectivity index (χ1n) is 10.1. The molecule has 0 amide bonds. The fourth-order valence-electron chi connectivity index (χ4n) is 3.86. The van der Waals surface area contributed by atoms with Crippen LogP contribution in [0.2, 0.25) is 0 Å². The summed E-state index contributed by atoms with van der Waals surface area (Å²) in [5, 5.41) is 0. The number of fused-ring (bicyclic) bond motifs is 1. The van der Waals surface area contributed by atoms with Crippen LogP contribution in [0.15, 0.2) is 64.6 Å². The number of allylic oxidation sites excluding steroid dienone is 1. The molecule has 0 saturated heterocycles. The molecule has 3 rings (SSSR count). The van der Waals surface area contributed by atoms with Crippen LogP contribution < -0.4 is 9.64 Å². The van der Waals surface area contributed by atoms with E-state index in [1.54, 1.807) is 11.8 Å². The maximum atomic E-state index is 10.6. The Hall–Kier alpha value is -1.85. The van der Waals surface area contributed by atoms with Crippen molar-refractivity contribution in [1.29, 1.82) is 0 Å². The fourth-order valence-corrected chi connectivity index (χ4v) is 5.81. The van der Waals surface area contributed by atoms with E-state index in [0.717, 1.165) is 35.6 Å². The lowest BCUT2D eigenvalue weighted by Gasteiger charge is -2.36. The highest BCUT2D eigenvalue weighted by molar-refractivity contribution is 7.99. The van der Waals surface area contributed by atoms with Crippen molar-refractivity contribution >= 4 is 41.2 Å². The van der Waals surface area contributed by atoms with Gasteiger partial charge in [-0.05, 0) is 48.8 Å². The van der Waals surface area contributed by atoms with Crippen molar-refractivity contribution in [2.75, 3.05) is 23.5 Å². The number of rotatable bonds is 8. The van der Waals surface area contributed by atoms with Crippen LogP contribution in [0.3, 0.4) is 0 Å². The van der Waals surface area contributed by atoms with Crippen LogP contribution in [0.4, 0.5) is 11.4 Å². The second-order valence-electron chi connectivity index (χ2n) is 7.37. The Morgan fingerprint density at radius 2 is 2.03 bits per heavy atom. The topological polar surface area (TPSA) is 29.5 Å². The Labute approximate surface area is 182 Å². The third-order valence-electron chi connectivity index (χ3n) is 5.51. The molecule has 0 aromatic heterocycles. The van der Waals surface area contributed by atoms with Gasteiger partial charge in [-0.2, -0.15) is 0 Å². The number of ether oxygens (including phenoxy) is 1. The van der Waals surface area contributed by atoms with E-state index >= 15 is 0 Å². The van der Waals surface area contributed by atoms with Gasteiger partial charge in [0.05, 0.1) is 16.8 Å². The number of aldehydes is 1. The molecule has 2 aromatic rings. The molecule has 1 unspecified atom stereocenters. The molecule has 154 valence electrons. The fraction of sp³-hybridized carbons (Fsp3) is 0.375. The second-order valence-corrected chi connectivity index (χ2v) is 9.23. The number of hydrogen-bond acceptors (Lipinski definition) is 5. The molecule has 0 aliphatic carbocycles. The summed E-state index contributed by atoms with van der Waals surface area (Å²) in [5.74, 6) is 1.89. The van der Waals surface area contributed by atoms with Crippen molar-refractivity contribution in [3.8, 4) is 5.75 Å². The summed E-state index contributed by atoms with van der Waals surface area (Å²) in [5.41, 5.74) is 2.74. The monoisotopic (exact) mass is 427 g/mol. The Balaban J connectivity index is 2.10. The van der Waals surface area contributed by atoms with Crippen LogP contribution >= 0.6 is 23.5 Å². The minimum atomic E-state index is 0.270. The largest absolute Gasteiger partial charge is 0.464 e. The Bertz CT molecular complexity index is 853. The van der Waals surface area contributed by atoms with Gasteiger partial charge >= 0.3 is 0 Å². The highest BCUT2D eigenvalue weighted by Gasteiger charge is 2.35. The summed E-state index contributed by atoms with van der Waals surface area (Å²) in [6.07, 6.45) is 9.19. The quantitative estimate of drug-likeness (QED) is 0.197. The number of hydrogen-bond donors (Lipinski definition) is 0. The molecule has 0 fully saturated rings. The van der Waals surface area contributed by atoms with E-state index in [1.807, 2.05) is 11.8 Å². The molecule has 0 radical (unpaired) electrons. The molecule has 0 N–H and O–H groups in total. The Morgan fingerprint density at radius 1 is 1.24 bits per heavy atom. The third kappa shape index (κ3) is 5.01. The van der Waals surface area contributed by atoms with Gasteiger partial charge in [-0.1, -0.05) is 38.5 Å². The van der Waals surface area contributed by atoms with E-state index in [0.29, 0.717) is 0 Å². The highest BCUT2D eigenvalue weighted by Crippen LogP contribution is 2.49. The Kier molecular flexibility index (Phi) is 7.73. The molecule has 1 aliphatic heterocycles. The van der Waals surface area contributed by atoms with Gasteiger partial charge in [0.1, 0.15) is 12.0 Å². The number of thioether (sulfide) groups is 2. The summed E-state index contributed by atoms with van der Waals surface area (Å²) in [6.45, 7) is 5.62. The molecule has 3 nitrogen and oxygen atoms in total. The number of anilines is 2. The summed E-state index contributed by atoms with van der Waals surface area (Å²) in [6, 6.07) is 15.1. The molecule has 5 heteroatoms. The average molecular weight is 428 g/mol. The Morgan fingerprint density at radius 3 is 2.69 bits per heavy atom. The first-order chi connectivity index (χ1) is 14.2. The van der Waals surface area contributed by atoms with E-state index in [9.17, 15) is 4.79 Å². The first-order valence-corrected chi connectivity index (χ1v) is 12.3. The van der Waals surface area contributed by atoms with Gasteiger partial charge < -0.3 is 9.64 Å². The maximum absolute atomic E-state index is 10.6. The minimum Gasteiger partial charge on any atom is -0.464 e. The zero-order valence-corrected chi connectivity index (χ0v) is 19.0. The number of carbonyl (C=O) groups excluding carboxylic acids is 1. The zero-order valence-electron chi connectivity index (χ0n) is 17.4. The molecule has 0 spiro atoms. The molecule has 0 saturated carbocycles. The van der Waals surface area contributed by atoms with Crippen LogP contribution in [-0.4, -0.2) is 24.8 Å². The minimum absolute atomic E-state index is 0.270. The van der Waals surface area contributed by atoms with Crippen molar-refractivity contribution in [2.45, 2.75) is 42.9 Å². The average Bonchev–Trinajstić information content (AvgIpc) is 2.92. The molecule has 29 heavy (non-hydrogen) atoms. The predicted octanol–water partition coefficient (Wildman–Crippen LogP) is 6.94. The number of carbonyl (C=O) groups is 1. The van der Waals surface area contributed by atoms with Gasteiger partial charge in [0, 0.05) is 29.0 Å². The second kappa shape index (κ2) is 10.3. The van der Waals surface area contributed by atoms with Gasteiger partial charge in [0.15, 0.2) is 0 Å². The molecule has 1 atom stereocenters. The third-order valence-corrected chi connectivity index (χ3v) is 7.67. The van der Waals surface area contributed by atoms with Crippen molar-refractivity contribution in [3.63, 3.8) is 0 Å². The van der Waals surface area contributed by atoms with E-state index < -0.39 is 0 Å². The molecule has 0 bridgehead atoms. The summed E-state index contributed by atoms with van der Waals surface area (Å²) in [7, 11) is 0. The normalized spacial score (nSPS) is 19.1. The van der Waals surface area contributed by atoms with Crippen LogP contribution in [0.1, 0.15) is 33.1 Å². The standard InChI is InChI=1S/C24H29NO2S2/c1-4-12-24(5-2)17-25(19-10-7-6-8-11-19)20-15-23(28-3)21(27-14-9-13-26)16-22(20)29-18-24/h6-11,13-16H,4-5,12,17-18H2,1-3H3/b14-9+. The summed E-state index contributed by atoms with van der Waals surface area (Å²) in [4.78, 5) is 15.4. The van der Waals surface area contributed by atoms with Crippen molar-refractivity contribution in [3.05, 3.63) is 54.8 Å². The molecule has 1 aliphatic rings. The summed E-state index contributed by atoms with van der Waals surface area (Å²) >= 11 is 3.59. The van der Waals surface area contributed by atoms with Gasteiger partial charge in [0.25, 0.3) is 0 Å². The smallest absolute Gasteiger partial charge is 0.145 e. The molecular formula is C24H29NO2S2. The lowest BCUT2D eigenvalue weighted by Crippen LogP contribution is -2.35. The van der Waals surface area contributed by atoms with E-state index in [4.69, 9.17) is 4.74 Å². The van der Waals surface area contributed by atoms with Crippen LogP contribution in [-0.2, 0) is 4.79 Å². The van der Waals surface area contributed by atoms with Crippen molar-refractivity contribution in [2.24, 2.45) is 5.41 Å². The van der Waals surface area contributed by atoms with Gasteiger partial charge in [-0.25, -0.2) is 0 Å². The van der Waals surface area contributed by atoms with Crippen LogP contribution in [0.25, 0.3) is 0 Å². The molecule has 2 aromatic carbocycles. The van der Waals surface area contributed by atoms with E-state index in [-0.39, 0.29) is 5.41 Å². The van der Waals surface area contributed by atoms with Crippen molar-refractivity contribution in [1.82, 2.24) is 0 Å². The van der Waals surface area contributed by atoms with Gasteiger partial charge in [-0.3, -0.25) is 4.79 Å². The lowest BCUT2D eigenvalue weighted by molar-refractivity contribution is -0.104. The summed E-state index contributed by atoms with van der Waals surface area (Å²) < 4.78 is 5.78. The number of para-hydroxylation sites is 1. The zero-order chi connectivity index (χ0) is 20.7. The molecular weight excluding hydrogens is 398 g/mol. The van der Waals surface area contributed by atoms with Crippen molar-refractivity contribution < 1.29 is 9.53 Å².